The number of hydrogen-bond donors (Lipinski definition) is 1. The van der Waals surface area contributed by atoms with Gasteiger partial charge in [-0.3, -0.25) is 9.69 Å². The van der Waals surface area contributed by atoms with Gasteiger partial charge in [-0.2, -0.15) is 0 Å². The summed E-state index contributed by atoms with van der Waals surface area (Å²) in [6.07, 6.45) is 1.44. The van der Waals surface area contributed by atoms with E-state index in [1.807, 2.05) is 37.3 Å². The molecule has 0 unspecified atom stereocenters. The molecular weight excluding hydrogens is 328 g/mol. The number of nitrogens with zero attached hydrogens (tertiary/aromatic N) is 1. The Kier molecular flexibility index (Phi) is 5.78. The van der Waals surface area contributed by atoms with Crippen molar-refractivity contribution >= 4 is 11.6 Å². The number of hydrogen-bond acceptors (Lipinski definition) is 4. The first-order valence-electron chi connectivity index (χ1n) is 8.91. The van der Waals surface area contributed by atoms with Gasteiger partial charge in [0.25, 0.3) is 0 Å². The number of methoxy groups -OCH3 is 2. The highest BCUT2D eigenvalue weighted by molar-refractivity contribution is 5.90. The molecule has 138 valence electrons. The molecule has 1 amide bonds. The molecule has 26 heavy (non-hydrogen) atoms. The normalized spacial score (nSPS) is 13.8. The second kappa shape index (κ2) is 8.23. The quantitative estimate of drug-likeness (QED) is 0.864. The molecule has 0 saturated carbocycles. The summed E-state index contributed by atoms with van der Waals surface area (Å²) >= 11 is 0. The van der Waals surface area contributed by atoms with Crippen LogP contribution >= 0.6 is 0 Å². The summed E-state index contributed by atoms with van der Waals surface area (Å²) in [5.41, 5.74) is 4.53. The van der Waals surface area contributed by atoms with Gasteiger partial charge in [0.05, 0.1) is 14.2 Å². The predicted octanol–water partition coefficient (Wildman–Crippen LogP) is 3.40. The average molecular weight is 354 g/mol. The fourth-order valence-electron chi connectivity index (χ4n) is 3.34. The lowest BCUT2D eigenvalue weighted by molar-refractivity contribution is -0.116. The number of aryl methyl sites for hydroxylation is 1. The fourth-order valence-corrected chi connectivity index (χ4v) is 3.34. The summed E-state index contributed by atoms with van der Waals surface area (Å²) in [5.74, 6) is 1.58. The van der Waals surface area contributed by atoms with Crippen LogP contribution in [0.5, 0.6) is 11.5 Å². The average Bonchev–Trinajstić information content (AvgIpc) is 2.65. The Balaban J connectivity index is 1.56. The zero-order chi connectivity index (χ0) is 18.5. The Hall–Kier alpha value is -2.53. The maximum Gasteiger partial charge on any atom is 0.225 e. The van der Waals surface area contributed by atoms with E-state index in [0.29, 0.717) is 6.42 Å². The standard InChI is InChI=1S/C21H26N2O3/c1-15-5-4-6-18(11-15)22-21(24)8-10-23-9-7-16-12-19(25-2)20(26-3)13-17(16)14-23/h4-6,11-13H,7-10,14H2,1-3H3,(H,22,24). The SMILES string of the molecule is COc1cc2c(cc1OC)CN(CCC(=O)Nc1cccc(C)c1)CC2. The Morgan fingerprint density at radius 3 is 2.54 bits per heavy atom. The molecule has 0 aromatic heterocycles. The van der Waals surface area contributed by atoms with Crippen molar-refractivity contribution in [1.82, 2.24) is 4.90 Å². The van der Waals surface area contributed by atoms with Gasteiger partial charge in [-0.15, -0.1) is 0 Å². The lowest BCUT2D eigenvalue weighted by atomic mass is 9.98. The second-order valence-electron chi connectivity index (χ2n) is 6.67. The van der Waals surface area contributed by atoms with E-state index >= 15 is 0 Å². The van der Waals surface area contributed by atoms with Crippen molar-refractivity contribution in [2.45, 2.75) is 26.3 Å². The first-order chi connectivity index (χ1) is 12.6. The van der Waals surface area contributed by atoms with Gasteiger partial charge in [-0.25, -0.2) is 0 Å². The highest BCUT2D eigenvalue weighted by Gasteiger charge is 2.19. The lowest BCUT2D eigenvalue weighted by Gasteiger charge is -2.29. The number of carbonyl (C=O) groups is 1. The smallest absolute Gasteiger partial charge is 0.225 e. The van der Waals surface area contributed by atoms with Crippen molar-refractivity contribution in [3.63, 3.8) is 0 Å². The minimum atomic E-state index is 0.0497. The highest BCUT2D eigenvalue weighted by atomic mass is 16.5. The molecule has 1 N–H and O–H groups in total. The molecule has 0 spiro atoms. The third-order valence-electron chi connectivity index (χ3n) is 4.75. The first kappa shape index (κ1) is 18.3. The van der Waals surface area contributed by atoms with E-state index in [9.17, 15) is 4.79 Å². The van der Waals surface area contributed by atoms with Gasteiger partial charge < -0.3 is 14.8 Å². The van der Waals surface area contributed by atoms with E-state index in [1.54, 1.807) is 14.2 Å². The van der Waals surface area contributed by atoms with Crippen molar-refractivity contribution < 1.29 is 14.3 Å². The van der Waals surface area contributed by atoms with Gasteiger partial charge >= 0.3 is 0 Å². The van der Waals surface area contributed by atoms with Gasteiger partial charge in [-0.05, 0) is 54.3 Å². The van der Waals surface area contributed by atoms with Gasteiger partial charge in [-0.1, -0.05) is 12.1 Å². The number of carbonyl (C=O) groups excluding carboxylic acids is 1. The summed E-state index contributed by atoms with van der Waals surface area (Å²) in [5, 5.41) is 2.97. The summed E-state index contributed by atoms with van der Waals surface area (Å²) in [7, 11) is 3.31. The van der Waals surface area contributed by atoms with Crippen LogP contribution in [0, 0.1) is 6.92 Å². The third kappa shape index (κ3) is 4.35. The van der Waals surface area contributed by atoms with E-state index in [4.69, 9.17) is 9.47 Å². The molecule has 3 rings (SSSR count). The molecule has 1 aliphatic heterocycles. The van der Waals surface area contributed by atoms with E-state index in [-0.39, 0.29) is 5.91 Å². The molecule has 1 heterocycles. The summed E-state index contributed by atoms with van der Waals surface area (Å²) in [6, 6.07) is 12.0. The number of anilines is 1. The molecule has 2 aromatic rings. The Labute approximate surface area is 154 Å². The molecule has 0 aliphatic carbocycles. The van der Waals surface area contributed by atoms with E-state index < -0.39 is 0 Å². The number of rotatable bonds is 6. The minimum Gasteiger partial charge on any atom is -0.493 e. The van der Waals surface area contributed by atoms with Crippen molar-refractivity contribution in [3.8, 4) is 11.5 Å². The molecule has 5 heteroatoms. The van der Waals surface area contributed by atoms with Crippen molar-refractivity contribution in [1.29, 1.82) is 0 Å². The zero-order valence-electron chi connectivity index (χ0n) is 15.7. The third-order valence-corrected chi connectivity index (χ3v) is 4.75. The number of ether oxygens (including phenoxy) is 2. The summed E-state index contributed by atoms with van der Waals surface area (Å²) in [4.78, 5) is 14.5. The molecule has 0 saturated heterocycles. The van der Waals surface area contributed by atoms with Crippen LogP contribution in [0.2, 0.25) is 0 Å². The lowest BCUT2D eigenvalue weighted by Crippen LogP contribution is -2.33. The maximum absolute atomic E-state index is 12.2. The van der Waals surface area contributed by atoms with E-state index in [1.165, 1.54) is 11.1 Å². The van der Waals surface area contributed by atoms with Gasteiger partial charge in [0, 0.05) is 31.7 Å². The van der Waals surface area contributed by atoms with Crippen LogP contribution in [0.1, 0.15) is 23.1 Å². The van der Waals surface area contributed by atoms with Crippen LogP contribution in [0.3, 0.4) is 0 Å². The predicted molar refractivity (Wildman–Crippen MR) is 103 cm³/mol. The van der Waals surface area contributed by atoms with E-state index in [0.717, 1.165) is 48.8 Å². The van der Waals surface area contributed by atoms with Gasteiger partial charge in [0.2, 0.25) is 5.91 Å². The Morgan fingerprint density at radius 2 is 1.85 bits per heavy atom. The summed E-state index contributed by atoms with van der Waals surface area (Å²) < 4.78 is 10.8. The Morgan fingerprint density at radius 1 is 1.12 bits per heavy atom. The number of nitrogens with one attached hydrogen (secondary N) is 1. The fraction of sp³-hybridized carbons (Fsp3) is 0.381. The molecule has 1 aliphatic rings. The van der Waals surface area contributed by atoms with Gasteiger partial charge in [0.1, 0.15) is 0 Å². The van der Waals surface area contributed by atoms with Gasteiger partial charge in [0.15, 0.2) is 11.5 Å². The van der Waals surface area contributed by atoms with Crippen LogP contribution in [0.4, 0.5) is 5.69 Å². The molecule has 0 bridgehead atoms. The molecule has 0 atom stereocenters. The number of fused-ring (bicyclic) bond motifs is 1. The van der Waals surface area contributed by atoms with Crippen molar-refractivity contribution in [2.24, 2.45) is 0 Å². The molecule has 5 nitrogen and oxygen atoms in total. The van der Waals surface area contributed by atoms with Crippen molar-refractivity contribution in [3.05, 3.63) is 53.1 Å². The number of benzene rings is 2. The maximum atomic E-state index is 12.2. The minimum absolute atomic E-state index is 0.0497. The van der Waals surface area contributed by atoms with Crippen LogP contribution in [0.25, 0.3) is 0 Å². The van der Waals surface area contributed by atoms with E-state index in [2.05, 4.69) is 16.3 Å². The van der Waals surface area contributed by atoms with Crippen molar-refractivity contribution in [2.75, 3.05) is 32.6 Å². The molecule has 2 aromatic carbocycles. The summed E-state index contributed by atoms with van der Waals surface area (Å²) in [6.45, 7) is 4.53. The Bertz CT molecular complexity index is 789. The van der Waals surface area contributed by atoms with Crippen LogP contribution < -0.4 is 14.8 Å². The molecule has 0 radical (unpaired) electrons. The molecule has 0 fully saturated rings. The molecular formula is C21H26N2O3. The highest BCUT2D eigenvalue weighted by Crippen LogP contribution is 2.33. The second-order valence-corrected chi connectivity index (χ2v) is 6.67. The largest absolute Gasteiger partial charge is 0.493 e. The zero-order valence-corrected chi connectivity index (χ0v) is 15.7. The monoisotopic (exact) mass is 354 g/mol. The van der Waals surface area contributed by atoms with Crippen LogP contribution in [-0.4, -0.2) is 38.1 Å². The number of amides is 1. The van der Waals surface area contributed by atoms with Crippen LogP contribution in [-0.2, 0) is 17.8 Å². The first-order valence-corrected chi connectivity index (χ1v) is 8.91. The van der Waals surface area contributed by atoms with Crippen LogP contribution in [0.15, 0.2) is 36.4 Å². The topological polar surface area (TPSA) is 50.8 Å².